The number of para-hydroxylation sites is 2. The Bertz CT molecular complexity index is 3840. The van der Waals surface area contributed by atoms with Crippen molar-refractivity contribution in [1.29, 1.82) is 5.26 Å². The Hall–Kier alpha value is -7.87. The first-order valence-corrected chi connectivity index (χ1v) is 24.0. The van der Waals surface area contributed by atoms with E-state index in [0.717, 1.165) is 22.1 Å². The molecule has 21 heteroatoms. The topological polar surface area (TPSA) is 266 Å². The number of rotatable bonds is 13. The Morgan fingerprint density at radius 2 is 1.51 bits per heavy atom. The molecule has 0 atom stereocenters. The Morgan fingerprint density at radius 3 is 2.30 bits per heavy atom. The average molecular weight is 951 g/mol. The van der Waals surface area contributed by atoms with Gasteiger partial charge >= 0.3 is 0 Å². The number of thiazole rings is 1. The van der Waals surface area contributed by atoms with Crippen molar-refractivity contribution in [3.8, 4) is 29.0 Å². The number of nitrogens with zero attached hydrogens (tertiary/aromatic N) is 10. The maximum Gasteiger partial charge on any atom is 0.295 e. The predicted molar refractivity (Wildman–Crippen MR) is 253 cm³/mol. The van der Waals surface area contributed by atoms with Crippen LogP contribution >= 0.6 is 11.3 Å². The van der Waals surface area contributed by atoms with Crippen LogP contribution in [-0.2, 0) is 20.2 Å². The number of imidazole rings is 1. The molecule has 0 bridgehead atoms. The third-order valence-electron chi connectivity index (χ3n) is 10.6. The number of benzene rings is 6. The van der Waals surface area contributed by atoms with Crippen LogP contribution in [0.4, 0.5) is 32.9 Å². The minimum atomic E-state index is -4.52. The van der Waals surface area contributed by atoms with Crippen LogP contribution in [0, 0.1) is 25.2 Å². The second-order valence-corrected chi connectivity index (χ2v) is 19.0. The minimum Gasteiger partial charge on any atom is -0.493 e. The van der Waals surface area contributed by atoms with E-state index in [1.54, 1.807) is 62.4 Å². The van der Waals surface area contributed by atoms with Crippen molar-refractivity contribution in [2.45, 2.75) is 25.2 Å². The fourth-order valence-corrected chi connectivity index (χ4v) is 9.29. The van der Waals surface area contributed by atoms with Crippen molar-refractivity contribution in [3.63, 3.8) is 0 Å². The van der Waals surface area contributed by atoms with Gasteiger partial charge in [-0.15, -0.1) is 30.7 Å². The van der Waals surface area contributed by atoms with Crippen LogP contribution in [0.2, 0.25) is 0 Å². The molecule has 3 N–H and O–H groups in total. The van der Waals surface area contributed by atoms with Gasteiger partial charge in [-0.25, -0.2) is 9.97 Å². The quantitative estimate of drug-likeness (QED) is 0.0555. The zero-order chi connectivity index (χ0) is 47.0. The number of hydrogen-bond acceptors (Lipinski definition) is 16. The molecule has 0 aliphatic heterocycles. The third kappa shape index (κ3) is 9.19. The smallest absolute Gasteiger partial charge is 0.295 e. The Balaban J connectivity index is 1.09. The summed E-state index contributed by atoms with van der Waals surface area (Å²) in [6.07, 6.45) is -0.0646. The van der Waals surface area contributed by atoms with Crippen LogP contribution < -0.4 is 4.74 Å². The summed E-state index contributed by atoms with van der Waals surface area (Å²) in [6, 6.07) is 35.4. The lowest BCUT2D eigenvalue weighted by molar-refractivity contribution is 0.317. The molecule has 9 aromatic rings. The number of aromatic nitrogens is 3. The van der Waals surface area contributed by atoms with E-state index in [-0.39, 0.29) is 62.7 Å². The molecule has 0 saturated carbocycles. The summed E-state index contributed by atoms with van der Waals surface area (Å²) in [5, 5.41) is 51.7. The average Bonchev–Trinajstić information content (AvgIpc) is 3.90. The first-order valence-electron chi connectivity index (χ1n) is 20.2. The molecule has 0 aliphatic carbocycles. The minimum absolute atomic E-state index is 0.00774. The summed E-state index contributed by atoms with van der Waals surface area (Å²) in [5.74, 6) is -0.736. The Morgan fingerprint density at radius 1 is 0.761 bits per heavy atom. The van der Waals surface area contributed by atoms with Gasteiger partial charge in [-0.3, -0.25) is 13.5 Å². The molecule has 67 heavy (non-hydrogen) atoms. The number of fused-ring (bicyclic) bond motifs is 5. The SMILES string of the molecule is Cc1cc(N=Nc2c(C)c(C#N)c3nc4ccccc4n3c2O)c(OCCCS(=O)(=O)O)cc1N=Nc1nc(-c2ccc3ccccc3c2)c(N=Nc2ccc3cccc(S(=O)(=O)O)c3c2)s1. The second-order valence-electron chi connectivity index (χ2n) is 15.1. The van der Waals surface area contributed by atoms with E-state index in [4.69, 9.17) is 9.72 Å². The van der Waals surface area contributed by atoms with Crippen molar-refractivity contribution in [3.05, 3.63) is 132 Å². The Labute approximate surface area is 385 Å². The monoisotopic (exact) mass is 950 g/mol. The van der Waals surface area contributed by atoms with Crippen LogP contribution in [0.25, 0.3) is 49.5 Å². The molecule has 3 heterocycles. The van der Waals surface area contributed by atoms with Crippen LogP contribution in [0.15, 0.2) is 151 Å². The van der Waals surface area contributed by atoms with Crippen LogP contribution in [-0.4, -0.2) is 57.8 Å². The summed E-state index contributed by atoms with van der Waals surface area (Å²) in [5.41, 5.74) is 4.43. The third-order valence-corrected chi connectivity index (χ3v) is 13.2. The fourth-order valence-electron chi connectivity index (χ4n) is 7.37. The van der Waals surface area contributed by atoms with Crippen molar-refractivity contribution in [2.24, 2.45) is 30.7 Å². The van der Waals surface area contributed by atoms with Gasteiger partial charge in [-0.1, -0.05) is 78.1 Å². The highest BCUT2D eigenvalue weighted by molar-refractivity contribution is 7.86. The molecule has 0 spiro atoms. The molecule has 334 valence electrons. The molecule has 0 aliphatic rings. The maximum atomic E-state index is 12.1. The van der Waals surface area contributed by atoms with Gasteiger partial charge in [0.05, 0.1) is 34.8 Å². The van der Waals surface area contributed by atoms with E-state index in [1.165, 1.54) is 28.7 Å². The molecular weight excluding hydrogens is 917 g/mol. The van der Waals surface area contributed by atoms with Gasteiger partial charge in [-0.2, -0.15) is 22.1 Å². The lowest BCUT2D eigenvalue weighted by Gasteiger charge is -2.11. The van der Waals surface area contributed by atoms with Crippen molar-refractivity contribution in [2.75, 3.05) is 12.4 Å². The van der Waals surface area contributed by atoms with E-state index >= 15 is 0 Å². The predicted octanol–water partition coefficient (Wildman–Crippen LogP) is 12.3. The van der Waals surface area contributed by atoms with Crippen molar-refractivity contribution >= 4 is 103 Å². The molecule has 0 amide bonds. The number of ether oxygens (including phenoxy) is 1. The molecule has 3 aromatic heterocycles. The highest BCUT2D eigenvalue weighted by Crippen LogP contribution is 2.44. The summed E-state index contributed by atoms with van der Waals surface area (Å²) >= 11 is 1.09. The number of pyridine rings is 1. The van der Waals surface area contributed by atoms with Crippen LogP contribution in [0.5, 0.6) is 11.6 Å². The maximum absolute atomic E-state index is 12.1. The Kier molecular flexibility index (Phi) is 11.8. The lowest BCUT2D eigenvalue weighted by Crippen LogP contribution is -2.08. The standard InChI is InChI=1S/C46H34N10O8S3/c1-26-21-37(52-53-41-27(2)34(25-47)43-48-35-12-5-6-13-38(35)56(43)45(41)57)39(64-19-8-20-66(58,59)60)24-36(26)51-55-46-49-42(31-16-15-28-9-3-4-10-30(28)22-31)44(65-46)54-50-32-18-17-29-11-7-14-40(33(29)23-32)67(61,62)63/h3-7,9-18,21-24,57H,8,19-20H2,1-2H3,(H,58,59,60)(H,61,62,63). The van der Waals surface area contributed by atoms with Crippen molar-refractivity contribution in [1.82, 2.24) is 14.4 Å². The first-order chi connectivity index (χ1) is 32.1. The molecule has 9 rings (SSSR count). The number of aryl methyl sites for hydroxylation is 1. The number of hydrogen-bond donors (Lipinski definition) is 3. The highest BCUT2D eigenvalue weighted by Gasteiger charge is 2.22. The zero-order valence-corrected chi connectivity index (χ0v) is 37.6. The molecule has 18 nitrogen and oxygen atoms in total. The zero-order valence-electron chi connectivity index (χ0n) is 35.2. The van der Waals surface area contributed by atoms with E-state index in [9.17, 15) is 36.3 Å². The molecule has 0 radical (unpaired) electrons. The number of azo groups is 3. The van der Waals surface area contributed by atoms with Crippen molar-refractivity contribution < 1.29 is 35.8 Å². The van der Waals surface area contributed by atoms with Gasteiger partial charge in [0.1, 0.15) is 33.7 Å². The van der Waals surface area contributed by atoms with Gasteiger partial charge in [-0.05, 0) is 84.5 Å². The van der Waals surface area contributed by atoms with Gasteiger partial charge in [0.15, 0.2) is 16.3 Å². The second kappa shape index (κ2) is 17.8. The van der Waals surface area contributed by atoms with E-state index in [0.29, 0.717) is 55.2 Å². The number of nitriles is 1. The summed E-state index contributed by atoms with van der Waals surface area (Å²) in [7, 11) is -8.80. The summed E-state index contributed by atoms with van der Waals surface area (Å²) in [4.78, 5) is 9.07. The molecule has 0 fully saturated rings. The largest absolute Gasteiger partial charge is 0.493 e. The molecule has 0 unspecified atom stereocenters. The van der Waals surface area contributed by atoms with Gasteiger partial charge in [0, 0.05) is 22.6 Å². The van der Waals surface area contributed by atoms with E-state index in [2.05, 4.69) is 41.7 Å². The van der Waals surface area contributed by atoms with E-state index < -0.39 is 26.0 Å². The van der Waals surface area contributed by atoms with Gasteiger partial charge < -0.3 is 9.84 Å². The molecular formula is C46H34N10O8S3. The van der Waals surface area contributed by atoms with Crippen LogP contribution in [0.3, 0.4) is 0 Å². The lowest BCUT2D eigenvalue weighted by atomic mass is 10.1. The van der Waals surface area contributed by atoms with Gasteiger partial charge in [0.25, 0.3) is 20.2 Å². The normalized spacial score (nSPS) is 12.5. The summed E-state index contributed by atoms with van der Waals surface area (Å²) < 4.78 is 73.8. The highest BCUT2D eigenvalue weighted by atomic mass is 32.2. The number of aromatic hydroxyl groups is 1. The van der Waals surface area contributed by atoms with Crippen LogP contribution in [0.1, 0.15) is 23.1 Å². The molecule has 6 aromatic carbocycles. The summed E-state index contributed by atoms with van der Waals surface area (Å²) in [6.45, 7) is 3.21. The van der Waals surface area contributed by atoms with E-state index in [1.807, 2.05) is 42.5 Å². The fraction of sp³-hybridized carbons (Fsp3) is 0.109. The first kappa shape index (κ1) is 44.3. The molecule has 0 saturated heterocycles. The van der Waals surface area contributed by atoms with Gasteiger partial charge in [0.2, 0.25) is 11.0 Å².